The fourth-order valence-electron chi connectivity index (χ4n) is 2.00. The number of aliphatic hydroxyl groups excluding tert-OH is 1. The Bertz CT molecular complexity index is 511. The van der Waals surface area contributed by atoms with Gasteiger partial charge in [-0.3, -0.25) is 0 Å². The molecular formula is C18H22O3. The molecule has 0 aromatic heterocycles. The average Bonchev–Trinajstić information content (AvgIpc) is 2.55. The normalized spacial score (nSPS) is 10.3. The molecule has 0 fully saturated rings. The average molecular weight is 286 g/mol. The highest BCUT2D eigenvalue weighted by Crippen LogP contribution is 2.27. The molecule has 112 valence electrons. The van der Waals surface area contributed by atoms with Gasteiger partial charge in [0.1, 0.15) is 6.61 Å². The zero-order chi connectivity index (χ0) is 14.8. The van der Waals surface area contributed by atoms with Crippen LogP contribution in [0.3, 0.4) is 0 Å². The second-order valence-electron chi connectivity index (χ2n) is 4.85. The van der Waals surface area contributed by atoms with Gasteiger partial charge in [-0.05, 0) is 37.0 Å². The Balaban J connectivity index is 1.84. The molecule has 1 N–H and O–H groups in total. The minimum Gasteiger partial charge on any atom is -0.490 e. The second-order valence-corrected chi connectivity index (χ2v) is 4.85. The van der Waals surface area contributed by atoms with Crippen molar-refractivity contribution in [2.45, 2.75) is 25.9 Å². The zero-order valence-electron chi connectivity index (χ0n) is 12.2. The summed E-state index contributed by atoms with van der Waals surface area (Å²) < 4.78 is 11.6. The smallest absolute Gasteiger partial charge is 0.161 e. The summed E-state index contributed by atoms with van der Waals surface area (Å²) in [5, 5.41) is 8.74. The van der Waals surface area contributed by atoms with Crippen molar-refractivity contribution >= 4 is 0 Å². The molecule has 2 aromatic carbocycles. The quantitative estimate of drug-likeness (QED) is 0.712. The lowest BCUT2D eigenvalue weighted by molar-refractivity contribution is 0.248. The maximum atomic E-state index is 8.74. The molecule has 2 aromatic rings. The summed E-state index contributed by atoms with van der Waals surface area (Å²) >= 11 is 0. The molecule has 0 atom stereocenters. The molecule has 21 heavy (non-hydrogen) atoms. The van der Waals surface area contributed by atoms with Gasteiger partial charge < -0.3 is 14.6 Å². The summed E-state index contributed by atoms with van der Waals surface area (Å²) in [6.45, 7) is 1.42. The number of para-hydroxylation sites is 2. The Morgan fingerprint density at radius 2 is 1.38 bits per heavy atom. The van der Waals surface area contributed by atoms with Crippen molar-refractivity contribution in [3.63, 3.8) is 0 Å². The van der Waals surface area contributed by atoms with Crippen LogP contribution in [0.4, 0.5) is 0 Å². The highest BCUT2D eigenvalue weighted by molar-refractivity contribution is 5.39. The van der Waals surface area contributed by atoms with Crippen LogP contribution in [0.5, 0.6) is 11.5 Å². The van der Waals surface area contributed by atoms with E-state index < -0.39 is 0 Å². The summed E-state index contributed by atoms with van der Waals surface area (Å²) in [5.41, 5.74) is 1.13. The first-order valence-electron chi connectivity index (χ1n) is 7.39. The Labute approximate surface area is 126 Å². The van der Waals surface area contributed by atoms with Crippen molar-refractivity contribution in [2.75, 3.05) is 13.2 Å². The molecule has 0 saturated carbocycles. The lowest BCUT2D eigenvalue weighted by Gasteiger charge is -2.12. The van der Waals surface area contributed by atoms with Gasteiger partial charge in [0.2, 0.25) is 0 Å². The second kappa shape index (κ2) is 9.03. The Kier molecular flexibility index (Phi) is 6.62. The van der Waals surface area contributed by atoms with Crippen LogP contribution in [0.15, 0.2) is 54.6 Å². The highest BCUT2D eigenvalue weighted by atomic mass is 16.5. The largest absolute Gasteiger partial charge is 0.490 e. The minimum atomic E-state index is 0.247. The van der Waals surface area contributed by atoms with Crippen LogP contribution in [-0.2, 0) is 6.61 Å². The van der Waals surface area contributed by atoms with Crippen LogP contribution < -0.4 is 9.47 Å². The molecule has 2 rings (SSSR count). The summed E-state index contributed by atoms with van der Waals surface area (Å²) in [6, 6.07) is 17.8. The molecule has 0 saturated heterocycles. The van der Waals surface area contributed by atoms with Gasteiger partial charge in [0.25, 0.3) is 0 Å². The lowest BCUT2D eigenvalue weighted by Crippen LogP contribution is -2.01. The minimum absolute atomic E-state index is 0.247. The van der Waals surface area contributed by atoms with Crippen molar-refractivity contribution in [2.24, 2.45) is 0 Å². The van der Waals surface area contributed by atoms with Crippen molar-refractivity contribution in [1.82, 2.24) is 0 Å². The zero-order valence-corrected chi connectivity index (χ0v) is 12.2. The molecule has 0 bridgehead atoms. The SMILES string of the molecule is OCCCCCOc1ccccc1OCc1ccccc1. The molecular weight excluding hydrogens is 264 g/mol. The Morgan fingerprint density at radius 3 is 2.10 bits per heavy atom. The van der Waals surface area contributed by atoms with E-state index in [1.54, 1.807) is 0 Å². The summed E-state index contributed by atoms with van der Waals surface area (Å²) in [7, 11) is 0. The maximum absolute atomic E-state index is 8.74. The van der Waals surface area contributed by atoms with Crippen LogP contribution in [0, 0.1) is 0 Å². The van der Waals surface area contributed by atoms with Gasteiger partial charge in [-0.1, -0.05) is 42.5 Å². The third-order valence-corrected chi connectivity index (χ3v) is 3.15. The first kappa shape index (κ1) is 15.4. The number of hydrogen-bond acceptors (Lipinski definition) is 3. The van der Waals surface area contributed by atoms with Gasteiger partial charge in [0, 0.05) is 6.61 Å². The molecule has 0 radical (unpaired) electrons. The predicted molar refractivity (Wildman–Crippen MR) is 83.6 cm³/mol. The number of rotatable bonds is 9. The van der Waals surface area contributed by atoms with E-state index in [0.717, 1.165) is 36.3 Å². The lowest BCUT2D eigenvalue weighted by atomic mass is 10.2. The van der Waals surface area contributed by atoms with Crippen molar-refractivity contribution in [1.29, 1.82) is 0 Å². The third-order valence-electron chi connectivity index (χ3n) is 3.15. The molecule has 0 heterocycles. The van der Waals surface area contributed by atoms with Crippen molar-refractivity contribution in [3.05, 3.63) is 60.2 Å². The molecule has 0 aliphatic heterocycles. The van der Waals surface area contributed by atoms with Crippen molar-refractivity contribution < 1.29 is 14.6 Å². The predicted octanol–water partition coefficient (Wildman–Crippen LogP) is 3.81. The molecule has 3 heteroatoms. The highest BCUT2D eigenvalue weighted by Gasteiger charge is 2.04. The molecule has 3 nitrogen and oxygen atoms in total. The first-order valence-corrected chi connectivity index (χ1v) is 7.39. The van der Waals surface area contributed by atoms with Gasteiger partial charge in [0.15, 0.2) is 11.5 Å². The van der Waals surface area contributed by atoms with Crippen LogP contribution in [0.25, 0.3) is 0 Å². The monoisotopic (exact) mass is 286 g/mol. The number of unbranched alkanes of at least 4 members (excludes halogenated alkanes) is 2. The van der Waals surface area contributed by atoms with Crippen LogP contribution in [0.2, 0.25) is 0 Å². The van der Waals surface area contributed by atoms with Crippen LogP contribution >= 0.6 is 0 Å². The van der Waals surface area contributed by atoms with E-state index in [-0.39, 0.29) is 6.61 Å². The fourth-order valence-corrected chi connectivity index (χ4v) is 2.00. The van der Waals surface area contributed by atoms with E-state index >= 15 is 0 Å². The van der Waals surface area contributed by atoms with Gasteiger partial charge >= 0.3 is 0 Å². The Morgan fingerprint density at radius 1 is 0.714 bits per heavy atom. The topological polar surface area (TPSA) is 38.7 Å². The maximum Gasteiger partial charge on any atom is 0.161 e. The van der Waals surface area contributed by atoms with Crippen molar-refractivity contribution in [3.8, 4) is 11.5 Å². The Hall–Kier alpha value is -2.00. The van der Waals surface area contributed by atoms with Gasteiger partial charge in [-0.25, -0.2) is 0 Å². The first-order chi connectivity index (χ1) is 10.4. The molecule has 0 aliphatic carbocycles. The van der Waals surface area contributed by atoms with E-state index in [0.29, 0.717) is 13.2 Å². The molecule has 0 spiro atoms. The number of ether oxygens (including phenoxy) is 2. The van der Waals surface area contributed by atoms with E-state index in [9.17, 15) is 0 Å². The van der Waals surface area contributed by atoms with Gasteiger partial charge in [0.05, 0.1) is 6.61 Å². The van der Waals surface area contributed by atoms with Crippen LogP contribution in [-0.4, -0.2) is 18.3 Å². The number of aliphatic hydroxyl groups is 1. The van der Waals surface area contributed by atoms with Gasteiger partial charge in [-0.15, -0.1) is 0 Å². The van der Waals surface area contributed by atoms with E-state index in [2.05, 4.69) is 0 Å². The summed E-state index contributed by atoms with van der Waals surface area (Å²) in [6.07, 6.45) is 2.74. The number of benzene rings is 2. The fraction of sp³-hybridized carbons (Fsp3) is 0.333. The summed E-state index contributed by atoms with van der Waals surface area (Å²) in [4.78, 5) is 0. The third kappa shape index (κ3) is 5.48. The van der Waals surface area contributed by atoms with Crippen LogP contribution in [0.1, 0.15) is 24.8 Å². The van der Waals surface area contributed by atoms with E-state index in [1.165, 1.54) is 0 Å². The van der Waals surface area contributed by atoms with Gasteiger partial charge in [-0.2, -0.15) is 0 Å². The molecule has 0 amide bonds. The number of hydrogen-bond donors (Lipinski definition) is 1. The standard InChI is InChI=1S/C18H22O3/c19-13-7-2-8-14-20-17-11-5-6-12-18(17)21-15-16-9-3-1-4-10-16/h1,3-6,9-12,19H,2,7-8,13-15H2. The van der Waals surface area contributed by atoms with E-state index in [1.807, 2.05) is 54.6 Å². The molecule has 0 unspecified atom stereocenters. The van der Waals surface area contributed by atoms with E-state index in [4.69, 9.17) is 14.6 Å². The summed E-state index contributed by atoms with van der Waals surface area (Å²) in [5.74, 6) is 1.54. The molecule has 0 aliphatic rings.